The lowest BCUT2D eigenvalue weighted by Gasteiger charge is -2.37. The van der Waals surface area contributed by atoms with Crippen molar-refractivity contribution in [1.29, 1.82) is 0 Å². The van der Waals surface area contributed by atoms with Gasteiger partial charge in [0.15, 0.2) is 0 Å². The molecule has 16 heavy (non-hydrogen) atoms. The van der Waals surface area contributed by atoms with Crippen LogP contribution in [-0.2, 0) is 4.79 Å². The fourth-order valence-corrected chi connectivity index (χ4v) is 2.13. The number of nitrogens with two attached hydrogens (primary N) is 1. The molecule has 1 atom stereocenters. The minimum absolute atomic E-state index is 0.130. The van der Waals surface area contributed by atoms with E-state index < -0.39 is 0 Å². The first-order chi connectivity index (χ1) is 7.56. The molecule has 0 aliphatic carbocycles. The van der Waals surface area contributed by atoms with E-state index >= 15 is 0 Å². The Balaban J connectivity index is 2.38. The van der Waals surface area contributed by atoms with Gasteiger partial charge in [-0.3, -0.25) is 9.69 Å². The number of carbonyl (C=O) groups is 1. The van der Waals surface area contributed by atoms with Crippen molar-refractivity contribution in [3.05, 3.63) is 0 Å². The third-order valence-corrected chi connectivity index (χ3v) is 3.27. The zero-order valence-electron chi connectivity index (χ0n) is 10.8. The smallest absolute Gasteiger partial charge is 0.239 e. The zero-order chi connectivity index (χ0) is 12.1. The maximum absolute atomic E-state index is 11.9. The normalized spacial score (nSPS) is 20.2. The highest BCUT2D eigenvalue weighted by molar-refractivity contribution is 5.81. The molecule has 0 saturated carbocycles. The summed E-state index contributed by atoms with van der Waals surface area (Å²) in [5, 5.41) is 0. The van der Waals surface area contributed by atoms with Crippen molar-refractivity contribution in [3.8, 4) is 0 Å². The van der Waals surface area contributed by atoms with E-state index in [1.807, 2.05) is 4.90 Å². The molecule has 1 aliphatic heterocycles. The molecule has 1 fully saturated rings. The summed E-state index contributed by atoms with van der Waals surface area (Å²) in [5.74, 6) is 0.130. The van der Waals surface area contributed by atoms with Crippen LogP contribution in [0.15, 0.2) is 0 Å². The summed E-state index contributed by atoms with van der Waals surface area (Å²) in [6.07, 6.45) is 1.77. The van der Waals surface area contributed by atoms with Gasteiger partial charge >= 0.3 is 0 Å². The number of carbonyl (C=O) groups excluding carboxylic acids is 1. The third kappa shape index (κ3) is 3.46. The van der Waals surface area contributed by atoms with Gasteiger partial charge < -0.3 is 10.6 Å². The average molecular weight is 227 g/mol. The van der Waals surface area contributed by atoms with Crippen LogP contribution in [0.25, 0.3) is 0 Å². The topological polar surface area (TPSA) is 49.6 Å². The minimum atomic E-state index is -0.296. The molecule has 4 nitrogen and oxygen atoms in total. The Morgan fingerprint density at radius 3 is 2.25 bits per heavy atom. The Bertz CT molecular complexity index is 222. The summed E-state index contributed by atoms with van der Waals surface area (Å²) < 4.78 is 0. The predicted octanol–water partition coefficient (Wildman–Crippen LogP) is 0.666. The zero-order valence-corrected chi connectivity index (χ0v) is 10.8. The SMILES string of the molecule is CCCC(N)C(=O)N1CCN(C(C)C)CC1. The maximum atomic E-state index is 11.9. The molecule has 0 spiro atoms. The molecule has 0 aromatic carbocycles. The van der Waals surface area contributed by atoms with Gasteiger partial charge in [0.05, 0.1) is 6.04 Å². The summed E-state index contributed by atoms with van der Waals surface area (Å²) in [5.41, 5.74) is 5.85. The lowest BCUT2D eigenvalue weighted by molar-refractivity contribution is -0.134. The highest BCUT2D eigenvalue weighted by Gasteiger charge is 2.25. The molecule has 0 bridgehead atoms. The van der Waals surface area contributed by atoms with Crippen molar-refractivity contribution in [1.82, 2.24) is 9.80 Å². The second kappa shape index (κ2) is 6.21. The summed E-state index contributed by atoms with van der Waals surface area (Å²) in [6, 6.07) is 0.275. The minimum Gasteiger partial charge on any atom is -0.339 e. The van der Waals surface area contributed by atoms with Crippen LogP contribution < -0.4 is 5.73 Å². The van der Waals surface area contributed by atoms with Crippen molar-refractivity contribution in [3.63, 3.8) is 0 Å². The fourth-order valence-electron chi connectivity index (χ4n) is 2.13. The second-order valence-corrected chi connectivity index (χ2v) is 4.85. The summed E-state index contributed by atoms with van der Waals surface area (Å²) >= 11 is 0. The molecule has 4 heteroatoms. The van der Waals surface area contributed by atoms with E-state index in [2.05, 4.69) is 25.7 Å². The molecular weight excluding hydrogens is 202 g/mol. The van der Waals surface area contributed by atoms with Crippen LogP contribution in [0.2, 0.25) is 0 Å². The van der Waals surface area contributed by atoms with Crippen LogP contribution in [0.4, 0.5) is 0 Å². The quantitative estimate of drug-likeness (QED) is 0.768. The standard InChI is InChI=1S/C12H25N3O/c1-4-5-11(13)12(16)15-8-6-14(7-9-15)10(2)3/h10-11H,4-9,13H2,1-3H3. The lowest BCUT2D eigenvalue weighted by atomic mass is 10.1. The van der Waals surface area contributed by atoms with Gasteiger partial charge in [-0.05, 0) is 20.3 Å². The van der Waals surface area contributed by atoms with E-state index in [-0.39, 0.29) is 11.9 Å². The molecule has 1 unspecified atom stereocenters. The molecule has 0 aromatic rings. The largest absolute Gasteiger partial charge is 0.339 e. The van der Waals surface area contributed by atoms with E-state index in [0.717, 1.165) is 39.0 Å². The number of hydrogen-bond acceptors (Lipinski definition) is 3. The highest BCUT2D eigenvalue weighted by atomic mass is 16.2. The summed E-state index contributed by atoms with van der Waals surface area (Å²) in [6.45, 7) is 10.1. The van der Waals surface area contributed by atoms with E-state index in [9.17, 15) is 4.79 Å². The van der Waals surface area contributed by atoms with Crippen molar-refractivity contribution >= 4 is 5.91 Å². The lowest BCUT2D eigenvalue weighted by Crippen LogP contribution is -2.54. The van der Waals surface area contributed by atoms with E-state index in [4.69, 9.17) is 5.73 Å². The Kier molecular flexibility index (Phi) is 5.22. The van der Waals surface area contributed by atoms with E-state index in [0.29, 0.717) is 6.04 Å². The van der Waals surface area contributed by atoms with Gasteiger partial charge in [0.2, 0.25) is 5.91 Å². The molecule has 94 valence electrons. The molecule has 2 N–H and O–H groups in total. The Labute approximate surface area is 98.8 Å². The van der Waals surface area contributed by atoms with Crippen molar-refractivity contribution < 1.29 is 4.79 Å². The second-order valence-electron chi connectivity index (χ2n) is 4.85. The number of nitrogens with zero attached hydrogens (tertiary/aromatic N) is 2. The van der Waals surface area contributed by atoms with Crippen molar-refractivity contribution in [2.75, 3.05) is 26.2 Å². The van der Waals surface area contributed by atoms with Crippen LogP contribution in [0.3, 0.4) is 0 Å². The summed E-state index contributed by atoms with van der Waals surface area (Å²) in [7, 11) is 0. The van der Waals surface area contributed by atoms with E-state index in [1.165, 1.54) is 0 Å². The number of amides is 1. The molecule has 1 aliphatic rings. The summed E-state index contributed by atoms with van der Waals surface area (Å²) in [4.78, 5) is 16.3. The Morgan fingerprint density at radius 1 is 1.25 bits per heavy atom. The monoisotopic (exact) mass is 227 g/mol. The van der Waals surface area contributed by atoms with Gasteiger partial charge in [-0.1, -0.05) is 13.3 Å². The molecule has 1 saturated heterocycles. The van der Waals surface area contributed by atoms with Gasteiger partial charge in [0.1, 0.15) is 0 Å². The first-order valence-electron chi connectivity index (χ1n) is 6.34. The number of rotatable bonds is 4. The van der Waals surface area contributed by atoms with Gasteiger partial charge in [0.25, 0.3) is 0 Å². The van der Waals surface area contributed by atoms with Crippen LogP contribution in [0.1, 0.15) is 33.6 Å². The van der Waals surface area contributed by atoms with Gasteiger partial charge in [-0.25, -0.2) is 0 Å². The van der Waals surface area contributed by atoms with Gasteiger partial charge in [0, 0.05) is 32.2 Å². The van der Waals surface area contributed by atoms with Crippen LogP contribution in [0, 0.1) is 0 Å². The molecule has 1 rings (SSSR count). The molecule has 0 aromatic heterocycles. The Morgan fingerprint density at radius 2 is 1.81 bits per heavy atom. The van der Waals surface area contributed by atoms with Crippen molar-refractivity contribution in [2.45, 2.75) is 45.7 Å². The number of piperazine rings is 1. The predicted molar refractivity (Wildman–Crippen MR) is 66.2 cm³/mol. The van der Waals surface area contributed by atoms with Gasteiger partial charge in [-0.15, -0.1) is 0 Å². The van der Waals surface area contributed by atoms with Crippen LogP contribution in [-0.4, -0.2) is 54.0 Å². The first-order valence-corrected chi connectivity index (χ1v) is 6.34. The average Bonchev–Trinajstić information content (AvgIpc) is 2.28. The molecule has 1 amide bonds. The fraction of sp³-hybridized carbons (Fsp3) is 0.917. The van der Waals surface area contributed by atoms with Crippen LogP contribution >= 0.6 is 0 Å². The first kappa shape index (κ1) is 13.5. The highest BCUT2D eigenvalue weighted by Crippen LogP contribution is 2.08. The van der Waals surface area contributed by atoms with Crippen molar-refractivity contribution in [2.24, 2.45) is 5.73 Å². The van der Waals surface area contributed by atoms with E-state index in [1.54, 1.807) is 0 Å². The molecular formula is C12H25N3O. The molecule has 1 heterocycles. The Hall–Kier alpha value is -0.610. The van der Waals surface area contributed by atoms with Gasteiger partial charge in [-0.2, -0.15) is 0 Å². The third-order valence-electron chi connectivity index (χ3n) is 3.27. The maximum Gasteiger partial charge on any atom is 0.239 e. The number of hydrogen-bond donors (Lipinski definition) is 1. The molecule has 0 radical (unpaired) electrons. The van der Waals surface area contributed by atoms with Crippen LogP contribution in [0.5, 0.6) is 0 Å².